The van der Waals surface area contributed by atoms with Crippen LogP contribution in [-0.4, -0.2) is 39.2 Å². The number of anilines is 1. The number of aliphatic hydroxyl groups excluding tert-OH is 1. The van der Waals surface area contributed by atoms with Crippen LogP contribution in [-0.2, 0) is 19.4 Å². The molecule has 22 heavy (non-hydrogen) atoms. The Morgan fingerprint density at radius 2 is 2.09 bits per heavy atom. The molecule has 1 saturated heterocycles. The number of likely N-dealkylation sites (tertiary alicyclic amines) is 1. The van der Waals surface area contributed by atoms with Crippen LogP contribution in [0.15, 0.2) is 0 Å². The largest absolute Gasteiger partial charge is 0.392 e. The van der Waals surface area contributed by atoms with Gasteiger partial charge in [0.2, 0.25) is 0 Å². The van der Waals surface area contributed by atoms with Gasteiger partial charge in [-0.25, -0.2) is 9.97 Å². The number of nitrogen functional groups attached to an aromatic ring is 1. The number of thiophene rings is 1. The molecule has 0 radical (unpaired) electrons. The molecule has 0 saturated carbocycles. The standard InChI is InChI=1S/C16H22N4OS/c17-15-14-11-5-1-2-6-12(11)22-16(14)19-13(18-15)9-20-7-3-4-10(21)8-20/h10,21H,1-9H2,(H2,17,18,19). The molecule has 5 nitrogen and oxygen atoms in total. The quantitative estimate of drug-likeness (QED) is 0.887. The second-order valence-corrected chi connectivity index (χ2v) is 7.53. The Labute approximate surface area is 134 Å². The van der Waals surface area contributed by atoms with Crippen molar-refractivity contribution >= 4 is 27.4 Å². The number of fused-ring (bicyclic) bond motifs is 3. The molecule has 2 aromatic heterocycles. The maximum atomic E-state index is 9.79. The van der Waals surface area contributed by atoms with E-state index in [-0.39, 0.29) is 6.10 Å². The fourth-order valence-corrected chi connectivity index (χ4v) is 4.96. The Morgan fingerprint density at radius 3 is 2.95 bits per heavy atom. The summed E-state index contributed by atoms with van der Waals surface area (Å²) in [5.41, 5.74) is 7.64. The third kappa shape index (κ3) is 2.59. The van der Waals surface area contributed by atoms with Crippen molar-refractivity contribution < 1.29 is 5.11 Å². The van der Waals surface area contributed by atoms with Crippen molar-refractivity contribution in [1.82, 2.24) is 14.9 Å². The Bertz CT molecular complexity index is 699. The molecule has 1 atom stereocenters. The Kier molecular flexibility index (Phi) is 3.76. The number of nitrogens with two attached hydrogens (primary N) is 1. The molecule has 1 unspecified atom stereocenters. The first kappa shape index (κ1) is 14.4. The zero-order chi connectivity index (χ0) is 15.1. The Morgan fingerprint density at radius 1 is 1.23 bits per heavy atom. The summed E-state index contributed by atoms with van der Waals surface area (Å²) >= 11 is 1.79. The molecule has 1 aliphatic heterocycles. The molecule has 2 aliphatic rings. The van der Waals surface area contributed by atoms with E-state index in [1.165, 1.54) is 23.3 Å². The van der Waals surface area contributed by atoms with E-state index in [4.69, 9.17) is 10.7 Å². The third-order valence-corrected chi connectivity index (χ3v) is 5.92. The highest BCUT2D eigenvalue weighted by molar-refractivity contribution is 7.19. The number of nitrogens with zero attached hydrogens (tertiary/aromatic N) is 3. The van der Waals surface area contributed by atoms with Crippen LogP contribution in [0.25, 0.3) is 10.2 Å². The lowest BCUT2D eigenvalue weighted by atomic mass is 9.97. The second kappa shape index (κ2) is 5.76. The van der Waals surface area contributed by atoms with Crippen LogP contribution in [0.2, 0.25) is 0 Å². The van der Waals surface area contributed by atoms with Crippen molar-refractivity contribution in [2.75, 3.05) is 18.8 Å². The summed E-state index contributed by atoms with van der Waals surface area (Å²) in [6.07, 6.45) is 6.49. The number of aliphatic hydroxyl groups is 1. The van der Waals surface area contributed by atoms with Crippen LogP contribution in [0.1, 0.15) is 41.9 Å². The van der Waals surface area contributed by atoms with Crippen LogP contribution in [0, 0.1) is 0 Å². The summed E-state index contributed by atoms with van der Waals surface area (Å²) in [6.45, 7) is 2.39. The van der Waals surface area contributed by atoms with Gasteiger partial charge in [-0.2, -0.15) is 0 Å². The van der Waals surface area contributed by atoms with Crippen LogP contribution in [0.5, 0.6) is 0 Å². The molecule has 6 heteroatoms. The molecular weight excluding hydrogens is 296 g/mol. The fourth-order valence-electron chi connectivity index (χ4n) is 3.68. The van der Waals surface area contributed by atoms with Gasteiger partial charge in [-0.3, -0.25) is 4.90 Å². The van der Waals surface area contributed by atoms with Crippen LogP contribution >= 0.6 is 11.3 Å². The summed E-state index contributed by atoms with van der Waals surface area (Å²) in [5.74, 6) is 1.43. The molecule has 118 valence electrons. The first-order valence-electron chi connectivity index (χ1n) is 8.18. The van der Waals surface area contributed by atoms with Gasteiger partial charge in [0.25, 0.3) is 0 Å². The Hall–Kier alpha value is -1.24. The average Bonchev–Trinajstić information content (AvgIpc) is 2.85. The minimum atomic E-state index is -0.219. The first-order valence-corrected chi connectivity index (χ1v) is 8.99. The van der Waals surface area contributed by atoms with Crippen molar-refractivity contribution in [3.05, 3.63) is 16.3 Å². The van der Waals surface area contributed by atoms with Gasteiger partial charge in [-0.1, -0.05) is 0 Å². The highest BCUT2D eigenvalue weighted by Gasteiger charge is 2.22. The van der Waals surface area contributed by atoms with Crippen LogP contribution in [0.3, 0.4) is 0 Å². The zero-order valence-corrected chi connectivity index (χ0v) is 13.5. The number of piperidine rings is 1. The molecule has 0 aromatic carbocycles. The fraction of sp³-hybridized carbons (Fsp3) is 0.625. The van der Waals surface area contributed by atoms with Crippen molar-refractivity contribution in [2.24, 2.45) is 0 Å². The SMILES string of the molecule is Nc1nc(CN2CCCC(O)C2)nc2sc3c(c12)CCCC3. The van der Waals surface area contributed by atoms with E-state index in [9.17, 15) is 5.11 Å². The van der Waals surface area contributed by atoms with Crippen molar-refractivity contribution in [1.29, 1.82) is 0 Å². The number of hydrogen-bond donors (Lipinski definition) is 2. The number of hydrogen-bond acceptors (Lipinski definition) is 6. The molecule has 0 bridgehead atoms. The molecule has 1 fully saturated rings. The number of aryl methyl sites for hydroxylation is 2. The van der Waals surface area contributed by atoms with Crippen LogP contribution < -0.4 is 5.73 Å². The number of rotatable bonds is 2. The van der Waals surface area contributed by atoms with E-state index >= 15 is 0 Å². The lowest BCUT2D eigenvalue weighted by molar-refractivity contribution is 0.0656. The van der Waals surface area contributed by atoms with Gasteiger partial charge in [-0.15, -0.1) is 11.3 Å². The molecular formula is C16H22N4OS. The predicted molar refractivity (Wildman–Crippen MR) is 89.0 cm³/mol. The summed E-state index contributed by atoms with van der Waals surface area (Å²) < 4.78 is 0. The molecule has 2 aromatic rings. The van der Waals surface area contributed by atoms with E-state index < -0.39 is 0 Å². The van der Waals surface area contributed by atoms with Crippen molar-refractivity contribution in [2.45, 2.75) is 51.2 Å². The van der Waals surface area contributed by atoms with E-state index in [2.05, 4.69) is 9.88 Å². The minimum Gasteiger partial charge on any atom is -0.392 e. The summed E-state index contributed by atoms with van der Waals surface area (Å²) in [7, 11) is 0. The summed E-state index contributed by atoms with van der Waals surface area (Å²) in [6, 6.07) is 0. The molecule has 3 heterocycles. The minimum absolute atomic E-state index is 0.219. The monoisotopic (exact) mass is 318 g/mol. The van der Waals surface area contributed by atoms with Gasteiger partial charge in [0.1, 0.15) is 16.5 Å². The zero-order valence-electron chi connectivity index (χ0n) is 12.7. The van der Waals surface area contributed by atoms with Crippen LogP contribution in [0.4, 0.5) is 5.82 Å². The van der Waals surface area contributed by atoms with Crippen molar-refractivity contribution in [3.8, 4) is 0 Å². The van der Waals surface area contributed by atoms with Gasteiger partial charge >= 0.3 is 0 Å². The first-order chi connectivity index (χ1) is 10.7. The molecule has 1 aliphatic carbocycles. The predicted octanol–water partition coefficient (Wildman–Crippen LogP) is 2.11. The highest BCUT2D eigenvalue weighted by atomic mass is 32.1. The van der Waals surface area contributed by atoms with Gasteiger partial charge < -0.3 is 10.8 Å². The maximum absolute atomic E-state index is 9.79. The number of β-amino-alcohol motifs (C(OH)–C–C–N with tert-alkyl or cyclic N) is 1. The molecule has 0 spiro atoms. The smallest absolute Gasteiger partial charge is 0.146 e. The molecule has 4 rings (SSSR count). The third-order valence-electron chi connectivity index (χ3n) is 4.73. The van der Waals surface area contributed by atoms with E-state index in [1.807, 2.05) is 0 Å². The summed E-state index contributed by atoms with van der Waals surface area (Å²) in [5, 5.41) is 10.9. The average molecular weight is 318 g/mol. The Balaban J connectivity index is 1.65. The lowest BCUT2D eigenvalue weighted by Crippen LogP contribution is -2.38. The highest BCUT2D eigenvalue weighted by Crippen LogP contribution is 2.37. The maximum Gasteiger partial charge on any atom is 0.146 e. The van der Waals surface area contributed by atoms with E-state index in [1.54, 1.807) is 11.3 Å². The number of aromatic nitrogens is 2. The van der Waals surface area contributed by atoms with Gasteiger partial charge in [0.15, 0.2) is 0 Å². The topological polar surface area (TPSA) is 75.3 Å². The normalized spacial score (nSPS) is 22.9. The van der Waals surface area contributed by atoms with Crippen molar-refractivity contribution in [3.63, 3.8) is 0 Å². The van der Waals surface area contributed by atoms with E-state index in [0.29, 0.717) is 18.9 Å². The van der Waals surface area contributed by atoms with E-state index in [0.717, 1.165) is 48.3 Å². The molecule has 0 amide bonds. The van der Waals surface area contributed by atoms with Gasteiger partial charge in [-0.05, 0) is 50.6 Å². The lowest BCUT2D eigenvalue weighted by Gasteiger charge is -2.29. The van der Waals surface area contributed by atoms with Gasteiger partial charge in [0, 0.05) is 11.4 Å². The second-order valence-electron chi connectivity index (χ2n) is 6.45. The molecule has 3 N–H and O–H groups in total. The summed E-state index contributed by atoms with van der Waals surface area (Å²) in [4.78, 5) is 14.0. The van der Waals surface area contributed by atoms with Gasteiger partial charge in [0.05, 0.1) is 18.0 Å².